The van der Waals surface area contributed by atoms with Gasteiger partial charge >= 0.3 is 0 Å². The van der Waals surface area contributed by atoms with Gasteiger partial charge < -0.3 is 13.7 Å². The first-order valence-electron chi connectivity index (χ1n) is 7.09. The number of nitriles is 1. The van der Waals surface area contributed by atoms with Crippen molar-refractivity contribution >= 4 is 0 Å². The van der Waals surface area contributed by atoms with Crippen molar-refractivity contribution in [2.75, 3.05) is 13.1 Å². The highest BCUT2D eigenvalue weighted by atomic mass is 16.5. The summed E-state index contributed by atoms with van der Waals surface area (Å²) in [5.41, 5.74) is 2.11. The summed E-state index contributed by atoms with van der Waals surface area (Å²) < 4.78 is 13.1. The summed E-state index contributed by atoms with van der Waals surface area (Å²) in [6.45, 7) is 4.01. The van der Waals surface area contributed by atoms with E-state index in [0.717, 1.165) is 43.2 Å². The van der Waals surface area contributed by atoms with Crippen LogP contribution in [0.1, 0.15) is 23.6 Å². The molecular weight excluding hydrogens is 268 g/mol. The summed E-state index contributed by atoms with van der Waals surface area (Å²) in [5, 5.41) is 8.88. The van der Waals surface area contributed by atoms with Crippen LogP contribution < -0.4 is 0 Å². The fraction of sp³-hybridized carbons (Fsp3) is 0.467. The lowest BCUT2D eigenvalue weighted by Gasteiger charge is -2.15. The van der Waals surface area contributed by atoms with E-state index in [4.69, 9.17) is 14.4 Å². The van der Waals surface area contributed by atoms with E-state index in [1.807, 2.05) is 18.5 Å². The number of aromatic nitrogens is 2. The Kier molecular flexibility index (Phi) is 4.34. The van der Waals surface area contributed by atoms with E-state index in [1.165, 1.54) is 0 Å². The number of rotatable bonds is 5. The van der Waals surface area contributed by atoms with Crippen LogP contribution in [0.15, 0.2) is 29.1 Å². The first-order valence-corrected chi connectivity index (χ1v) is 7.09. The molecule has 0 amide bonds. The van der Waals surface area contributed by atoms with Crippen molar-refractivity contribution in [3.05, 3.63) is 41.9 Å². The van der Waals surface area contributed by atoms with Gasteiger partial charge in [-0.05, 0) is 18.6 Å². The van der Waals surface area contributed by atoms with Crippen molar-refractivity contribution in [2.45, 2.75) is 32.7 Å². The highest BCUT2D eigenvalue weighted by Crippen LogP contribution is 2.17. The minimum Gasteiger partial charge on any atom is -0.467 e. The molecule has 2 aromatic heterocycles. The van der Waals surface area contributed by atoms with Crippen molar-refractivity contribution in [3.63, 3.8) is 0 Å². The van der Waals surface area contributed by atoms with Crippen LogP contribution in [0, 0.1) is 11.3 Å². The Morgan fingerprint density at radius 1 is 1.38 bits per heavy atom. The third kappa shape index (κ3) is 3.32. The Morgan fingerprint density at radius 2 is 2.33 bits per heavy atom. The maximum atomic E-state index is 8.88. The number of furan rings is 1. The molecule has 3 rings (SSSR count). The molecule has 0 spiro atoms. The fourth-order valence-corrected chi connectivity index (χ4v) is 2.58. The number of hydrogen-bond donors (Lipinski definition) is 0. The van der Waals surface area contributed by atoms with E-state index in [1.54, 1.807) is 6.26 Å². The summed E-state index contributed by atoms with van der Waals surface area (Å²) in [6, 6.07) is 5.96. The number of aryl methyl sites for hydroxylation is 1. The van der Waals surface area contributed by atoms with Gasteiger partial charge in [0.15, 0.2) is 0 Å². The molecule has 0 fully saturated rings. The number of hydrogen-bond acceptors (Lipinski definition) is 5. The molecule has 110 valence electrons. The lowest BCUT2D eigenvalue weighted by atomic mass is 10.3. The molecule has 0 N–H and O–H groups in total. The molecule has 0 bridgehead atoms. The molecular formula is C15H18N4O2. The molecule has 1 aliphatic rings. The van der Waals surface area contributed by atoms with E-state index >= 15 is 0 Å². The van der Waals surface area contributed by atoms with Crippen LogP contribution >= 0.6 is 0 Å². The Balaban J connectivity index is 1.64. The number of nitrogens with zero attached hydrogens (tertiary/aromatic N) is 4. The van der Waals surface area contributed by atoms with Crippen molar-refractivity contribution in [2.24, 2.45) is 0 Å². The van der Waals surface area contributed by atoms with Crippen LogP contribution in [0.25, 0.3) is 0 Å². The maximum Gasteiger partial charge on any atom is 0.129 e. The molecule has 6 heteroatoms. The first kappa shape index (κ1) is 13.9. The van der Waals surface area contributed by atoms with Gasteiger partial charge in [-0.1, -0.05) is 0 Å². The summed E-state index contributed by atoms with van der Waals surface area (Å²) in [5.74, 6) is 0.811. The first-order chi connectivity index (χ1) is 10.4. The van der Waals surface area contributed by atoms with Crippen molar-refractivity contribution in [1.82, 2.24) is 14.5 Å². The smallest absolute Gasteiger partial charge is 0.129 e. The topological polar surface area (TPSA) is 67.2 Å². The van der Waals surface area contributed by atoms with Gasteiger partial charge in [-0.3, -0.25) is 4.90 Å². The standard InChI is InChI=1S/C15H18N4O2/c16-4-7-18-5-2-6-19-12-17-14(15(19)9-18)11-20-10-13-3-1-8-21-13/h1,3,8,12H,2,5-7,9-11H2. The summed E-state index contributed by atoms with van der Waals surface area (Å²) in [4.78, 5) is 6.60. The van der Waals surface area contributed by atoms with E-state index in [-0.39, 0.29) is 0 Å². The molecule has 1 aliphatic heterocycles. The highest BCUT2D eigenvalue weighted by molar-refractivity contribution is 5.13. The van der Waals surface area contributed by atoms with Gasteiger partial charge in [0, 0.05) is 19.6 Å². The number of imidazole rings is 1. The lowest BCUT2D eigenvalue weighted by molar-refractivity contribution is 0.0898. The third-order valence-electron chi connectivity index (χ3n) is 3.64. The van der Waals surface area contributed by atoms with Gasteiger partial charge in [0.25, 0.3) is 0 Å². The van der Waals surface area contributed by atoms with Gasteiger partial charge in [-0.25, -0.2) is 4.98 Å². The minimum atomic E-state index is 0.446. The normalized spacial score (nSPS) is 15.4. The average molecular weight is 286 g/mol. The van der Waals surface area contributed by atoms with Crippen LogP contribution in [-0.2, 0) is 31.0 Å². The Hall–Kier alpha value is -2.10. The Bertz CT molecular complexity index is 612. The summed E-state index contributed by atoms with van der Waals surface area (Å²) in [6.07, 6.45) is 4.55. The Labute approximate surface area is 123 Å². The third-order valence-corrected chi connectivity index (χ3v) is 3.64. The fourth-order valence-electron chi connectivity index (χ4n) is 2.58. The molecule has 21 heavy (non-hydrogen) atoms. The van der Waals surface area contributed by atoms with Gasteiger partial charge in [0.1, 0.15) is 12.4 Å². The molecule has 3 heterocycles. The molecule has 0 saturated heterocycles. The number of ether oxygens (including phenoxy) is 1. The van der Waals surface area contributed by atoms with Crippen molar-refractivity contribution in [3.8, 4) is 6.07 Å². The predicted molar refractivity (Wildman–Crippen MR) is 74.9 cm³/mol. The predicted octanol–water partition coefficient (Wildman–Crippen LogP) is 1.92. The second kappa shape index (κ2) is 6.57. The van der Waals surface area contributed by atoms with Crippen LogP contribution in [0.4, 0.5) is 0 Å². The van der Waals surface area contributed by atoms with E-state index in [0.29, 0.717) is 19.8 Å². The molecule has 0 unspecified atom stereocenters. The molecule has 0 aromatic carbocycles. The molecule has 2 aromatic rings. The molecule has 0 saturated carbocycles. The maximum absolute atomic E-state index is 8.88. The average Bonchev–Trinajstić information content (AvgIpc) is 3.07. The number of fused-ring (bicyclic) bond motifs is 1. The zero-order valence-corrected chi connectivity index (χ0v) is 11.9. The second-order valence-electron chi connectivity index (χ2n) is 5.13. The van der Waals surface area contributed by atoms with Gasteiger partial charge in [-0.15, -0.1) is 0 Å². The van der Waals surface area contributed by atoms with Gasteiger partial charge in [0.05, 0.1) is 43.2 Å². The summed E-state index contributed by atoms with van der Waals surface area (Å²) in [7, 11) is 0. The SMILES string of the molecule is N#CCN1CCCn2cnc(COCc3ccco3)c2C1. The van der Waals surface area contributed by atoms with E-state index < -0.39 is 0 Å². The zero-order chi connectivity index (χ0) is 14.5. The van der Waals surface area contributed by atoms with Crippen LogP contribution in [0.2, 0.25) is 0 Å². The van der Waals surface area contributed by atoms with E-state index in [2.05, 4.69) is 20.5 Å². The van der Waals surface area contributed by atoms with Crippen LogP contribution in [0.3, 0.4) is 0 Å². The highest BCUT2D eigenvalue weighted by Gasteiger charge is 2.18. The second-order valence-corrected chi connectivity index (χ2v) is 5.13. The molecule has 0 aliphatic carbocycles. The minimum absolute atomic E-state index is 0.446. The van der Waals surface area contributed by atoms with Crippen molar-refractivity contribution < 1.29 is 9.15 Å². The molecule has 0 radical (unpaired) electrons. The molecule has 6 nitrogen and oxygen atoms in total. The van der Waals surface area contributed by atoms with E-state index in [9.17, 15) is 0 Å². The Morgan fingerprint density at radius 3 is 3.14 bits per heavy atom. The van der Waals surface area contributed by atoms with Crippen LogP contribution in [0.5, 0.6) is 0 Å². The summed E-state index contributed by atoms with van der Waals surface area (Å²) >= 11 is 0. The monoisotopic (exact) mass is 286 g/mol. The lowest BCUT2D eigenvalue weighted by Crippen LogP contribution is -2.24. The quantitative estimate of drug-likeness (QED) is 0.786. The zero-order valence-electron chi connectivity index (χ0n) is 11.9. The van der Waals surface area contributed by atoms with Gasteiger partial charge in [-0.2, -0.15) is 5.26 Å². The molecule has 0 atom stereocenters. The van der Waals surface area contributed by atoms with Gasteiger partial charge in [0.2, 0.25) is 0 Å². The largest absolute Gasteiger partial charge is 0.467 e. The van der Waals surface area contributed by atoms with Crippen LogP contribution in [-0.4, -0.2) is 27.5 Å². The van der Waals surface area contributed by atoms with Crippen molar-refractivity contribution in [1.29, 1.82) is 5.26 Å².